The Labute approximate surface area is 100 Å². The van der Waals surface area contributed by atoms with Gasteiger partial charge in [-0.1, -0.05) is 13.8 Å². The van der Waals surface area contributed by atoms with Gasteiger partial charge in [-0.15, -0.1) is 10.1 Å². The summed E-state index contributed by atoms with van der Waals surface area (Å²) in [6.45, 7) is 4.17. The van der Waals surface area contributed by atoms with Crippen LogP contribution in [0, 0.1) is 16.0 Å². The molecule has 1 atom stereocenters. The molecule has 0 bridgehead atoms. The van der Waals surface area contributed by atoms with Gasteiger partial charge in [0.2, 0.25) is 0 Å². The zero-order chi connectivity index (χ0) is 13.3. The van der Waals surface area contributed by atoms with Crippen molar-refractivity contribution in [1.29, 1.82) is 0 Å². The van der Waals surface area contributed by atoms with Gasteiger partial charge < -0.3 is 15.3 Å². The lowest BCUT2D eigenvalue weighted by Crippen LogP contribution is -2.29. The summed E-state index contributed by atoms with van der Waals surface area (Å²) in [6, 6.07) is -0.158. The Morgan fingerprint density at radius 3 is 2.65 bits per heavy atom. The molecule has 0 aromatic heterocycles. The number of ether oxygens (including phenoxy) is 1. The van der Waals surface area contributed by atoms with Crippen molar-refractivity contribution in [1.82, 2.24) is 0 Å². The third kappa shape index (κ3) is 10.9. The van der Waals surface area contributed by atoms with Gasteiger partial charge in [-0.2, -0.15) is 0 Å². The van der Waals surface area contributed by atoms with Crippen molar-refractivity contribution in [3.63, 3.8) is 0 Å². The summed E-state index contributed by atoms with van der Waals surface area (Å²) in [5, 5.41) is 8.93. The lowest BCUT2D eigenvalue weighted by Gasteiger charge is -2.14. The molecule has 0 aliphatic heterocycles. The molecule has 0 radical (unpaired) electrons. The van der Waals surface area contributed by atoms with E-state index in [0.717, 1.165) is 6.42 Å². The fraction of sp³-hybridized carbons (Fsp3) is 0.900. The van der Waals surface area contributed by atoms with E-state index in [1.807, 2.05) is 13.8 Å². The van der Waals surface area contributed by atoms with Gasteiger partial charge in [-0.25, -0.2) is 0 Å². The molecule has 7 heteroatoms. The average molecular weight is 248 g/mol. The maximum absolute atomic E-state index is 11.2. The molecule has 0 aromatic carbocycles. The Bertz CT molecular complexity index is 245. The highest BCUT2D eigenvalue weighted by Crippen LogP contribution is 2.03. The van der Waals surface area contributed by atoms with Crippen molar-refractivity contribution in [2.45, 2.75) is 39.2 Å². The molecule has 0 aromatic rings. The number of carbonyl (C=O) groups excluding carboxylic acids is 1. The lowest BCUT2D eigenvalue weighted by molar-refractivity contribution is -0.757. The van der Waals surface area contributed by atoms with Crippen LogP contribution < -0.4 is 5.73 Å². The highest BCUT2D eigenvalue weighted by Gasteiger charge is 2.09. The van der Waals surface area contributed by atoms with E-state index in [4.69, 9.17) is 10.5 Å². The van der Waals surface area contributed by atoms with E-state index in [9.17, 15) is 14.9 Å². The van der Waals surface area contributed by atoms with Gasteiger partial charge in [-0.05, 0) is 18.8 Å². The molecule has 0 rings (SSSR count). The first-order valence-electron chi connectivity index (χ1n) is 5.60. The van der Waals surface area contributed by atoms with Crippen molar-refractivity contribution < 1.29 is 19.5 Å². The van der Waals surface area contributed by atoms with Crippen molar-refractivity contribution in [3.05, 3.63) is 10.1 Å². The van der Waals surface area contributed by atoms with E-state index >= 15 is 0 Å². The summed E-state index contributed by atoms with van der Waals surface area (Å²) < 4.78 is 4.92. The van der Waals surface area contributed by atoms with Crippen LogP contribution in [0.1, 0.15) is 33.1 Å². The van der Waals surface area contributed by atoms with Crippen LogP contribution in [0.4, 0.5) is 0 Å². The monoisotopic (exact) mass is 248 g/mol. The first kappa shape index (κ1) is 15.6. The maximum atomic E-state index is 11.2. The van der Waals surface area contributed by atoms with E-state index in [0.29, 0.717) is 5.92 Å². The molecule has 0 aliphatic carbocycles. The fourth-order valence-corrected chi connectivity index (χ4v) is 1.30. The molecule has 0 spiro atoms. The van der Waals surface area contributed by atoms with E-state index in [1.165, 1.54) is 0 Å². The number of nitrogens with zero attached hydrogens (tertiary/aromatic N) is 1. The second kappa shape index (κ2) is 8.74. The highest BCUT2D eigenvalue weighted by molar-refractivity contribution is 5.69. The van der Waals surface area contributed by atoms with Crippen LogP contribution in [0.5, 0.6) is 0 Å². The third-order valence-corrected chi connectivity index (χ3v) is 1.95. The molecule has 17 heavy (non-hydrogen) atoms. The first-order chi connectivity index (χ1) is 7.91. The zero-order valence-electron chi connectivity index (χ0n) is 10.3. The summed E-state index contributed by atoms with van der Waals surface area (Å²) >= 11 is 0. The summed E-state index contributed by atoms with van der Waals surface area (Å²) in [6.07, 6.45) is 1.15. The van der Waals surface area contributed by atoms with Gasteiger partial charge in [0, 0.05) is 12.5 Å². The smallest absolute Gasteiger partial charge is 0.305 e. The minimum atomic E-state index is -0.885. The highest BCUT2D eigenvalue weighted by atomic mass is 16.9. The standard InChI is InChI=1S/C10H20N2O5/c1-8(2)6-9(11)7-16-10(13)4-3-5-17-12(14)15/h8-9H,3-7,11H2,1-2H3. The molecule has 1 unspecified atom stereocenters. The minimum Gasteiger partial charge on any atom is -0.464 e. The molecule has 0 aliphatic rings. The number of nitrogens with two attached hydrogens (primary N) is 1. The van der Waals surface area contributed by atoms with Crippen molar-refractivity contribution in [2.24, 2.45) is 11.7 Å². The van der Waals surface area contributed by atoms with Crippen LogP contribution in [0.2, 0.25) is 0 Å². The second-order valence-corrected chi connectivity index (χ2v) is 4.23. The third-order valence-electron chi connectivity index (χ3n) is 1.95. The normalized spacial score (nSPS) is 12.2. The van der Waals surface area contributed by atoms with Crippen molar-refractivity contribution >= 4 is 5.97 Å². The van der Waals surface area contributed by atoms with Gasteiger partial charge in [-0.3, -0.25) is 4.79 Å². The Balaban J connectivity index is 3.49. The number of hydrogen-bond donors (Lipinski definition) is 1. The molecule has 2 N–H and O–H groups in total. The maximum Gasteiger partial charge on any atom is 0.305 e. The van der Waals surface area contributed by atoms with Gasteiger partial charge in [0.1, 0.15) is 6.61 Å². The first-order valence-corrected chi connectivity index (χ1v) is 5.60. The molecule has 100 valence electrons. The van der Waals surface area contributed by atoms with Crippen molar-refractivity contribution in [2.75, 3.05) is 13.2 Å². The number of rotatable bonds is 9. The Morgan fingerprint density at radius 1 is 1.47 bits per heavy atom. The number of carbonyl (C=O) groups is 1. The van der Waals surface area contributed by atoms with E-state index < -0.39 is 11.1 Å². The summed E-state index contributed by atoms with van der Waals surface area (Å²) in [5.74, 6) is 0.0494. The van der Waals surface area contributed by atoms with Crippen LogP contribution in [0.15, 0.2) is 0 Å². The average Bonchev–Trinajstić information content (AvgIpc) is 2.20. The summed E-state index contributed by atoms with van der Waals surface area (Å²) in [5.41, 5.74) is 5.73. The number of esters is 1. The zero-order valence-corrected chi connectivity index (χ0v) is 10.3. The van der Waals surface area contributed by atoms with Crippen molar-refractivity contribution in [3.8, 4) is 0 Å². The quantitative estimate of drug-likeness (QED) is 0.281. The minimum absolute atomic E-state index is 0.0971. The summed E-state index contributed by atoms with van der Waals surface area (Å²) in [7, 11) is 0. The van der Waals surface area contributed by atoms with Gasteiger partial charge in [0.15, 0.2) is 0 Å². The molecule has 0 heterocycles. The molecule has 0 saturated carbocycles. The second-order valence-electron chi connectivity index (χ2n) is 4.23. The van der Waals surface area contributed by atoms with E-state index in [2.05, 4.69) is 4.84 Å². The molecule has 0 fully saturated rings. The fourth-order valence-electron chi connectivity index (χ4n) is 1.30. The van der Waals surface area contributed by atoms with Gasteiger partial charge >= 0.3 is 5.97 Å². The molecule has 0 amide bonds. The molecule has 7 nitrogen and oxygen atoms in total. The van der Waals surface area contributed by atoms with Crippen LogP contribution in [0.25, 0.3) is 0 Å². The Kier molecular flexibility index (Phi) is 8.04. The van der Waals surface area contributed by atoms with Crippen LogP contribution >= 0.6 is 0 Å². The number of hydrogen-bond acceptors (Lipinski definition) is 6. The van der Waals surface area contributed by atoms with E-state index in [-0.39, 0.29) is 32.1 Å². The molecular formula is C10H20N2O5. The predicted molar refractivity (Wildman–Crippen MR) is 60.6 cm³/mol. The van der Waals surface area contributed by atoms with Crippen LogP contribution in [-0.2, 0) is 14.4 Å². The Hall–Kier alpha value is -1.37. The SMILES string of the molecule is CC(C)CC(N)COC(=O)CCCO[N+](=O)[O-]. The molecular weight excluding hydrogens is 228 g/mol. The Morgan fingerprint density at radius 2 is 2.12 bits per heavy atom. The molecule has 0 saturated heterocycles. The predicted octanol–water partition coefficient (Wildman–Crippen LogP) is 0.892. The van der Waals surface area contributed by atoms with E-state index in [1.54, 1.807) is 0 Å². The topological polar surface area (TPSA) is 105 Å². The lowest BCUT2D eigenvalue weighted by atomic mass is 10.1. The van der Waals surface area contributed by atoms with Crippen LogP contribution in [-0.4, -0.2) is 30.3 Å². The van der Waals surface area contributed by atoms with Gasteiger partial charge in [0.25, 0.3) is 5.09 Å². The summed E-state index contributed by atoms with van der Waals surface area (Å²) in [4.78, 5) is 25.0. The van der Waals surface area contributed by atoms with Crippen LogP contribution in [0.3, 0.4) is 0 Å². The van der Waals surface area contributed by atoms with Gasteiger partial charge in [0.05, 0.1) is 6.61 Å². The largest absolute Gasteiger partial charge is 0.464 e.